The first-order chi connectivity index (χ1) is 16.5. The van der Waals surface area contributed by atoms with Gasteiger partial charge in [-0.3, -0.25) is 14.6 Å². The number of anilines is 1. The van der Waals surface area contributed by atoms with Crippen LogP contribution in [0.2, 0.25) is 0 Å². The SMILES string of the molecule is CC(NC(=O)C1CCN(c2nc3ccsc3c(=O)n2-c2ccc(F)cc2)CC1)c1cccnc1. The molecule has 0 radical (unpaired) electrons. The van der Waals surface area contributed by atoms with Crippen LogP contribution in [0, 0.1) is 11.7 Å². The lowest BCUT2D eigenvalue weighted by Gasteiger charge is -2.33. The Kier molecular flexibility index (Phi) is 6.10. The molecule has 4 heterocycles. The van der Waals surface area contributed by atoms with Gasteiger partial charge in [0.2, 0.25) is 11.9 Å². The number of thiophene rings is 1. The molecule has 9 heteroatoms. The van der Waals surface area contributed by atoms with Crippen LogP contribution < -0.4 is 15.8 Å². The van der Waals surface area contributed by atoms with E-state index in [9.17, 15) is 14.0 Å². The van der Waals surface area contributed by atoms with Crippen LogP contribution in [0.5, 0.6) is 0 Å². The summed E-state index contributed by atoms with van der Waals surface area (Å²) in [6.07, 6.45) is 4.76. The molecule has 1 saturated heterocycles. The second kappa shape index (κ2) is 9.34. The van der Waals surface area contributed by atoms with Gasteiger partial charge >= 0.3 is 0 Å². The van der Waals surface area contributed by atoms with Gasteiger partial charge in [-0.05, 0) is 67.1 Å². The summed E-state index contributed by atoms with van der Waals surface area (Å²) >= 11 is 1.34. The lowest BCUT2D eigenvalue weighted by atomic mass is 9.95. The second-order valence-electron chi connectivity index (χ2n) is 8.44. The first-order valence-corrected chi connectivity index (χ1v) is 12.1. The number of carbonyl (C=O) groups excluding carboxylic acids is 1. The maximum Gasteiger partial charge on any atom is 0.277 e. The number of benzene rings is 1. The number of amides is 1. The van der Waals surface area contributed by atoms with Crippen LogP contribution in [0.3, 0.4) is 0 Å². The first-order valence-electron chi connectivity index (χ1n) is 11.2. The summed E-state index contributed by atoms with van der Waals surface area (Å²) in [5, 5.41) is 4.94. The number of nitrogens with zero attached hydrogens (tertiary/aromatic N) is 4. The van der Waals surface area contributed by atoms with Crippen LogP contribution in [0.4, 0.5) is 10.3 Å². The van der Waals surface area contributed by atoms with Crippen molar-refractivity contribution in [3.8, 4) is 5.69 Å². The van der Waals surface area contributed by atoms with Crippen molar-refractivity contribution in [1.29, 1.82) is 0 Å². The van der Waals surface area contributed by atoms with Gasteiger partial charge in [-0.2, -0.15) is 0 Å². The number of hydrogen-bond donors (Lipinski definition) is 1. The molecule has 3 aromatic heterocycles. The van der Waals surface area contributed by atoms with Gasteiger partial charge in [0.25, 0.3) is 5.56 Å². The van der Waals surface area contributed by atoms with Crippen molar-refractivity contribution >= 4 is 33.4 Å². The zero-order valence-corrected chi connectivity index (χ0v) is 19.5. The molecule has 1 aliphatic rings. The number of nitrogens with one attached hydrogen (secondary N) is 1. The maximum atomic E-state index is 13.5. The molecule has 1 unspecified atom stereocenters. The van der Waals surface area contributed by atoms with Crippen molar-refractivity contribution in [2.75, 3.05) is 18.0 Å². The molecule has 1 atom stereocenters. The van der Waals surface area contributed by atoms with Crippen LogP contribution in [0.1, 0.15) is 31.4 Å². The van der Waals surface area contributed by atoms with Crippen molar-refractivity contribution in [1.82, 2.24) is 19.9 Å². The van der Waals surface area contributed by atoms with Crippen molar-refractivity contribution in [2.45, 2.75) is 25.8 Å². The first kappa shape index (κ1) is 22.2. The fraction of sp³-hybridized carbons (Fsp3) is 0.280. The van der Waals surface area contributed by atoms with Gasteiger partial charge in [0, 0.05) is 31.4 Å². The Hall–Kier alpha value is -3.59. The van der Waals surface area contributed by atoms with Gasteiger partial charge in [-0.1, -0.05) is 6.07 Å². The minimum absolute atomic E-state index is 0.0215. The van der Waals surface area contributed by atoms with E-state index in [2.05, 4.69) is 10.3 Å². The van der Waals surface area contributed by atoms with E-state index < -0.39 is 0 Å². The second-order valence-corrected chi connectivity index (χ2v) is 9.36. The van der Waals surface area contributed by atoms with Gasteiger partial charge in [0.15, 0.2) is 0 Å². The highest BCUT2D eigenvalue weighted by Gasteiger charge is 2.29. The highest BCUT2D eigenvalue weighted by Crippen LogP contribution is 2.27. The van der Waals surface area contributed by atoms with Crippen LogP contribution in [0.15, 0.2) is 65.0 Å². The summed E-state index contributed by atoms with van der Waals surface area (Å²) < 4.78 is 15.6. The van der Waals surface area contributed by atoms with E-state index in [-0.39, 0.29) is 29.2 Å². The minimum atomic E-state index is -0.365. The molecule has 0 bridgehead atoms. The number of carbonyl (C=O) groups is 1. The minimum Gasteiger partial charge on any atom is -0.349 e. The molecule has 174 valence electrons. The van der Waals surface area contributed by atoms with Gasteiger partial charge in [-0.25, -0.2) is 13.9 Å². The Labute approximate surface area is 199 Å². The standard InChI is InChI=1S/C25H24FN5O2S/c1-16(18-3-2-11-27-15-18)28-23(32)17-8-12-30(13-9-17)25-29-21-10-14-34-22(21)24(33)31(25)20-6-4-19(26)5-7-20/h2-7,10-11,14-17H,8-9,12-13H2,1H3,(H,28,32). The fourth-order valence-electron chi connectivity index (χ4n) is 4.32. The lowest BCUT2D eigenvalue weighted by Crippen LogP contribution is -2.43. The molecule has 0 spiro atoms. The maximum absolute atomic E-state index is 13.5. The van der Waals surface area contributed by atoms with Crippen LogP contribution in [-0.2, 0) is 4.79 Å². The summed E-state index contributed by atoms with van der Waals surface area (Å²) in [5.74, 6) is 0.0559. The van der Waals surface area contributed by atoms with Gasteiger partial charge in [0.1, 0.15) is 10.5 Å². The van der Waals surface area contributed by atoms with Crippen LogP contribution >= 0.6 is 11.3 Å². The molecule has 1 amide bonds. The largest absolute Gasteiger partial charge is 0.349 e. The third-order valence-electron chi connectivity index (χ3n) is 6.24. The number of halogens is 1. The number of rotatable bonds is 5. The van der Waals surface area contributed by atoms with E-state index in [1.807, 2.05) is 35.4 Å². The zero-order valence-electron chi connectivity index (χ0n) is 18.6. The highest BCUT2D eigenvalue weighted by atomic mass is 32.1. The predicted octanol–water partition coefficient (Wildman–Crippen LogP) is 4.08. The average Bonchev–Trinajstić information content (AvgIpc) is 3.34. The summed E-state index contributed by atoms with van der Waals surface area (Å²) in [5.41, 5.74) is 2.00. The van der Waals surface area contributed by atoms with E-state index in [1.165, 1.54) is 23.5 Å². The summed E-state index contributed by atoms with van der Waals surface area (Å²) in [6.45, 7) is 3.12. The average molecular weight is 478 g/mol. The molecule has 7 nitrogen and oxygen atoms in total. The van der Waals surface area contributed by atoms with E-state index in [0.29, 0.717) is 47.8 Å². The molecule has 1 N–H and O–H groups in total. The Morgan fingerprint density at radius 1 is 1.18 bits per heavy atom. The molecule has 1 aliphatic heterocycles. The summed E-state index contributed by atoms with van der Waals surface area (Å²) in [6, 6.07) is 11.4. The van der Waals surface area contributed by atoms with Crippen molar-refractivity contribution in [2.24, 2.45) is 5.92 Å². The predicted molar refractivity (Wildman–Crippen MR) is 131 cm³/mol. The Balaban J connectivity index is 1.36. The molecule has 0 aliphatic carbocycles. The summed E-state index contributed by atoms with van der Waals surface area (Å²) in [7, 11) is 0. The topological polar surface area (TPSA) is 80.1 Å². The van der Waals surface area contributed by atoms with Crippen molar-refractivity contribution in [3.05, 3.63) is 82.0 Å². The number of fused-ring (bicyclic) bond motifs is 1. The Bertz CT molecular complexity index is 1360. The van der Waals surface area contributed by atoms with Crippen LogP contribution in [0.25, 0.3) is 15.9 Å². The molecule has 5 rings (SSSR count). The lowest BCUT2D eigenvalue weighted by molar-refractivity contribution is -0.126. The van der Waals surface area contributed by atoms with E-state index in [4.69, 9.17) is 4.98 Å². The van der Waals surface area contributed by atoms with Gasteiger partial charge in [0.05, 0.1) is 17.2 Å². The van der Waals surface area contributed by atoms with Crippen molar-refractivity contribution in [3.63, 3.8) is 0 Å². The smallest absolute Gasteiger partial charge is 0.277 e. The number of aromatic nitrogens is 3. The highest BCUT2D eigenvalue weighted by molar-refractivity contribution is 7.17. The molecule has 0 saturated carbocycles. The fourth-order valence-corrected chi connectivity index (χ4v) is 5.08. The third kappa shape index (κ3) is 4.31. The summed E-state index contributed by atoms with van der Waals surface area (Å²) in [4.78, 5) is 37.1. The molecule has 4 aromatic rings. The Morgan fingerprint density at radius 2 is 1.94 bits per heavy atom. The number of piperidine rings is 1. The van der Waals surface area contributed by atoms with Crippen LogP contribution in [-0.4, -0.2) is 33.5 Å². The van der Waals surface area contributed by atoms with E-state index >= 15 is 0 Å². The normalized spacial score (nSPS) is 15.4. The molecule has 34 heavy (non-hydrogen) atoms. The van der Waals surface area contributed by atoms with Gasteiger partial charge < -0.3 is 10.2 Å². The molecular formula is C25H24FN5O2S. The van der Waals surface area contributed by atoms with E-state index in [1.54, 1.807) is 29.1 Å². The quantitative estimate of drug-likeness (QED) is 0.469. The Morgan fingerprint density at radius 3 is 2.65 bits per heavy atom. The monoisotopic (exact) mass is 477 g/mol. The molecular weight excluding hydrogens is 453 g/mol. The van der Waals surface area contributed by atoms with Crippen molar-refractivity contribution < 1.29 is 9.18 Å². The van der Waals surface area contributed by atoms with Gasteiger partial charge in [-0.15, -0.1) is 11.3 Å². The molecule has 1 aromatic carbocycles. The number of hydrogen-bond acceptors (Lipinski definition) is 6. The third-order valence-corrected chi connectivity index (χ3v) is 7.13. The molecule has 1 fully saturated rings. The van der Waals surface area contributed by atoms with E-state index in [0.717, 1.165) is 5.56 Å². The number of pyridine rings is 1. The zero-order chi connectivity index (χ0) is 23.7.